The Bertz CT molecular complexity index is 697. The summed E-state index contributed by atoms with van der Waals surface area (Å²) in [6.07, 6.45) is 2.96. The van der Waals surface area contributed by atoms with E-state index >= 15 is 0 Å². The second-order valence-electron chi connectivity index (χ2n) is 5.87. The van der Waals surface area contributed by atoms with Gasteiger partial charge in [-0.3, -0.25) is 4.79 Å². The van der Waals surface area contributed by atoms with Crippen LogP contribution in [0.2, 0.25) is 0 Å². The topological polar surface area (TPSA) is 62.7 Å². The Morgan fingerprint density at radius 1 is 1.04 bits per heavy atom. The third-order valence-corrected chi connectivity index (χ3v) is 3.81. The number of anilines is 1. The van der Waals surface area contributed by atoms with E-state index in [1.807, 2.05) is 61.5 Å². The standard InChI is InChI=1S/C21H27N3O2/c1-3-5-11-20(17-9-7-6-8-10-17)23-24-21(25)16-22-18-12-14-19(15-13-18)26-4-2/h6-10,12-15,22H,3-5,11,16H2,1-2H3,(H,24,25). The smallest absolute Gasteiger partial charge is 0.259 e. The minimum atomic E-state index is -0.177. The van der Waals surface area contributed by atoms with Gasteiger partial charge in [-0.05, 0) is 49.6 Å². The molecule has 0 unspecified atom stereocenters. The zero-order chi connectivity index (χ0) is 18.6. The summed E-state index contributed by atoms with van der Waals surface area (Å²) >= 11 is 0. The normalized spacial score (nSPS) is 11.1. The van der Waals surface area contributed by atoms with Crippen molar-refractivity contribution in [3.63, 3.8) is 0 Å². The summed E-state index contributed by atoms with van der Waals surface area (Å²) in [5.74, 6) is 0.638. The molecule has 5 heteroatoms. The molecule has 2 N–H and O–H groups in total. The fourth-order valence-corrected chi connectivity index (χ4v) is 2.43. The number of hydrazone groups is 1. The van der Waals surface area contributed by atoms with Crippen molar-refractivity contribution in [1.82, 2.24) is 5.43 Å². The van der Waals surface area contributed by atoms with E-state index in [-0.39, 0.29) is 12.5 Å². The van der Waals surface area contributed by atoms with E-state index in [0.717, 1.165) is 42.0 Å². The average molecular weight is 353 g/mol. The summed E-state index contributed by atoms with van der Waals surface area (Å²) in [6.45, 7) is 4.88. The van der Waals surface area contributed by atoms with Gasteiger partial charge in [0.15, 0.2) is 0 Å². The van der Waals surface area contributed by atoms with Crippen molar-refractivity contribution >= 4 is 17.3 Å². The molecule has 0 heterocycles. The summed E-state index contributed by atoms with van der Waals surface area (Å²) in [6, 6.07) is 17.5. The van der Waals surface area contributed by atoms with Gasteiger partial charge >= 0.3 is 0 Å². The summed E-state index contributed by atoms with van der Waals surface area (Å²) in [4.78, 5) is 12.1. The Morgan fingerprint density at radius 2 is 1.77 bits per heavy atom. The highest BCUT2D eigenvalue weighted by Crippen LogP contribution is 2.15. The van der Waals surface area contributed by atoms with Crippen molar-refractivity contribution < 1.29 is 9.53 Å². The van der Waals surface area contributed by atoms with Crippen LogP contribution in [-0.4, -0.2) is 24.8 Å². The molecule has 0 aliphatic heterocycles. The number of nitrogens with zero attached hydrogens (tertiary/aromatic N) is 1. The first kappa shape index (κ1) is 19.5. The number of carbonyl (C=O) groups excluding carboxylic acids is 1. The lowest BCUT2D eigenvalue weighted by atomic mass is 10.1. The fraction of sp³-hybridized carbons (Fsp3) is 0.333. The van der Waals surface area contributed by atoms with Gasteiger partial charge in [0, 0.05) is 5.69 Å². The van der Waals surface area contributed by atoms with Crippen LogP contribution in [0.15, 0.2) is 59.7 Å². The fourth-order valence-electron chi connectivity index (χ4n) is 2.43. The monoisotopic (exact) mass is 353 g/mol. The van der Waals surface area contributed by atoms with Gasteiger partial charge < -0.3 is 10.1 Å². The van der Waals surface area contributed by atoms with Gasteiger partial charge in [0.1, 0.15) is 5.75 Å². The van der Waals surface area contributed by atoms with Crippen molar-refractivity contribution in [1.29, 1.82) is 0 Å². The molecule has 0 fully saturated rings. The third kappa shape index (κ3) is 6.59. The molecule has 138 valence electrons. The van der Waals surface area contributed by atoms with Crippen molar-refractivity contribution in [2.75, 3.05) is 18.5 Å². The Hall–Kier alpha value is -2.82. The third-order valence-electron chi connectivity index (χ3n) is 3.81. The van der Waals surface area contributed by atoms with E-state index in [9.17, 15) is 4.79 Å². The molecule has 2 rings (SSSR count). The summed E-state index contributed by atoms with van der Waals surface area (Å²) < 4.78 is 5.40. The predicted octanol–water partition coefficient (Wildman–Crippen LogP) is 4.21. The van der Waals surface area contributed by atoms with Crippen LogP contribution in [0.5, 0.6) is 5.75 Å². The number of unbranched alkanes of at least 4 members (excludes halogenated alkanes) is 1. The molecule has 0 aromatic heterocycles. The summed E-state index contributed by atoms with van der Waals surface area (Å²) in [5.41, 5.74) is 5.46. The zero-order valence-corrected chi connectivity index (χ0v) is 15.5. The molecule has 2 aromatic rings. The van der Waals surface area contributed by atoms with Gasteiger partial charge in [0.25, 0.3) is 5.91 Å². The molecule has 0 radical (unpaired) electrons. The Kier molecular flexibility index (Phi) is 8.19. The second kappa shape index (κ2) is 10.9. The van der Waals surface area contributed by atoms with Crippen molar-refractivity contribution in [2.24, 2.45) is 5.10 Å². The summed E-state index contributed by atoms with van der Waals surface area (Å²) in [5, 5.41) is 7.42. The quantitative estimate of drug-likeness (QED) is 0.497. The van der Waals surface area contributed by atoms with Crippen LogP contribution in [0.1, 0.15) is 38.7 Å². The molecule has 26 heavy (non-hydrogen) atoms. The molecular weight excluding hydrogens is 326 g/mol. The lowest BCUT2D eigenvalue weighted by Gasteiger charge is -2.09. The van der Waals surface area contributed by atoms with Gasteiger partial charge in [0.2, 0.25) is 0 Å². The van der Waals surface area contributed by atoms with Crippen molar-refractivity contribution in [3.8, 4) is 5.75 Å². The Morgan fingerprint density at radius 3 is 2.42 bits per heavy atom. The molecule has 0 atom stereocenters. The van der Waals surface area contributed by atoms with Crippen LogP contribution < -0.4 is 15.5 Å². The Balaban J connectivity index is 1.89. The predicted molar refractivity (Wildman–Crippen MR) is 107 cm³/mol. The number of nitrogens with one attached hydrogen (secondary N) is 2. The van der Waals surface area contributed by atoms with Gasteiger partial charge in [-0.15, -0.1) is 0 Å². The number of hydrogen-bond acceptors (Lipinski definition) is 4. The lowest BCUT2D eigenvalue weighted by molar-refractivity contribution is -0.119. The maximum absolute atomic E-state index is 12.1. The van der Waals surface area contributed by atoms with Crippen LogP contribution in [0.3, 0.4) is 0 Å². The highest BCUT2D eigenvalue weighted by atomic mass is 16.5. The van der Waals surface area contributed by atoms with Crippen LogP contribution in [0.4, 0.5) is 5.69 Å². The zero-order valence-electron chi connectivity index (χ0n) is 15.5. The molecular formula is C21H27N3O2. The number of rotatable bonds is 10. The first-order valence-electron chi connectivity index (χ1n) is 9.10. The second-order valence-corrected chi connectivity index (χ2v) is 5.87. The van der Waals surface area contributed by atoms with Crippen LogP contribution in [-0.2, 0) is 4.79 Å². The van der Waals surface area contributed by atoms with Gasteiger partial charge in [-0.25, -0.2) is 5.43 Å². The molecule has 2 aromatic carbocycles. The number of benzene rings is 2. The van der Waals surface area contributed by atoms with Gasteiger partial charge in [-0.2, -0.15) is 5.10 Å². The average Bonchev–Trinajstić information content (AvgIpc) is 2.68. The molecule has 1 amide bonds. The molecule has 0 saturated carbocycles. The van der Waals surface area contributed by atoms with E-state index in [4.69, 9.17) is 4.74 Å². The molecule has 0 bridgehead atoms. The molecule has 0 saturated heterocycles. The molecule has 0 aliphatic rings. The van der Waals surface area contributed by atoms with E-state index < -0.39 is 0 Å². The van der Waals surface area contributed by atoms with Gasteiger partial charge in [-0.1, -0.05) is 43.7 Å². The minimum absolute atomic E-state index is 0.160. The van der Waals surface area contributed by atoms with Gasteiger partial charge in [0.05, 0.1) is 18.9 Å². The van der Waals surface area contributed by atoms with Crippen LogP contribution in [0, 0.1) is 0 Å². The molecule has 0 spiro atoms. The van der Waals surface area contributed by atoms with Crippen molar-refractivity contribution in [2.45, 2.75) is 33.1 Å². The largest absolute Gasteiger partial charge is 0.494 e. The van der Waals surface area contributed by atoms with Crippen molar-refractivity contribution in [3.05, 3.63) is 60.2 Å². The number of amides is 1. The van der Waals surface area contributed by atoms with E-state index in [1.165, 1.54) is 0 Å². The highest BCUT2D eigenvalue weighted by Gasteiger charge is 2.05. The maximum atomic E-state index is 12.1. The van der Waals surface area contributed by atoms with E-state index in [1.54, 1.807) is 0 Å². The SMILES string of the molecule is CCCCC(=NNC(=O)CNc1ccc(OCC)cc1)c1ccccc1. The molecule has 5 nitrogen and oxygen atoms in total. The first-order valence-corrected chi connectivity index (χ1v) is 9.10. The number of ether oxygens (including phenoxy) is 1. The number of carbonyl (C=O) groups is 1. The Labute approximate surface area is 155 Å². The molecule has 0 aliphatic carbocycles. The maximum Gasteiger partial charge on any atom is 0.259 e. The van der Waals surface area contributed by atoms with E-state index in [0.29, 0.717) is 6.61 Å². The highest BCUT2D eigenvalue weighted by molar-refractivity contribution is 6.01. The first-order chi connectivity index (χ1) is 12.7. The van der Waals surface area contributed by atoms with Crippen LogP contribution >= 0.6 is 0 Å². The minimum Gasteiger partial charge on any atom is -0.494 e. The lowest BCUT2D eigenvalue weighted by Crippen LogP contribution is -2.27. The summed E-state index contributed by atoms with van der Waals surface area (Å²) in [7, 11) is 0. The number of hydrogen-bond donors (Lipinski definition) is 2. The van der Waals surface area contributed by atoms with E-state index in [2.05, 4.69) is 22.8 Å². The van der Waals surface area contributed by atoms with Crippen LogP contribution in [0.25, 0.3) is 0 Å².